The summed E-state index contributed by atoms with van der Waals surface area (Å²) in [4.78, 5) is 3.96. The van der Waals surface area contributed by atoms with Gasteiger partial charge in [0.15, 0.2) is 0 Å². The van der Waals surface area contributed by atoms with E-state index in [0.29, 0.717) is 10.2 Å². The number of aromatic nitrogens is 1. The largest absolute Gasteiger partial charge is 0.483 e. The second-order valence-electron chi connectivity index (χ2n) is 4.25. The summed E-state index contributed by atoms with van der Waals surface area (Å²) in [5, 5.41) is 0. The Morgan fingerprint density at radius 3 is 2.58 bits per heavy atom. The second kappa shape index (κ2) is 6.12. The van der Waals surface area contributed by atoms with Gasteiger partial charge in [0.05, 0.1) is 4.47 Å². The van der Waals surface area contributed by atoms with Gasteiger partial charge in [-0.3, -0.25) is 4.98 Å². The van der Waals surface area contributed by atoms with Crippen molar-refractivity contribution in [1.82, 2.24) is 4.98 Å². The monoisotopic (exact) mass is 324 g/mol. The first kappa shape index (κ1) is 14.0. The third kappa shape index (κ3) is 3.52. The predicted molar refractivity (Wildman–Crippen MR) is 75.4 cm³/mol. The lowest BCUT2D eigenvalue weighted by Crippen LogP contribution is -2.29. The van der Waals surface area contributed by atoms with Crippen LogP contribution >= 0.6 is 15.9 Å². The molecular weight excluding hydrogens is 311 g/mol. The van der Waals surface area contributed by atoms with Gasteiger partial charge in [-0.05, 0) is 52.7 Å². The van der Waals surface area contributed by atoms with Crippen molar-refractivity contribution in [3.8, 4) is 5.75 Å². The number of benzene rings is 1. The predicted octanol–water partition coefficient (Wildman–Crippen LogP) is 3.45. The molecule has 0 fully saturated rings. The number of pyridine rings is 1. The van der Waals surface area contributed by atoms with Crippen molar-refractivity contribution in [2.24, 2.45) is 5.73 Å². The number of ether oxygens (including phenoxy) is 1. The molecule has 0 spiro atoms. The average molecular weight is 325 g/mol. The minimum atomic E-state index is -0.360. The first-order valence-electron chi connectivity index (χ1n) is 5.85. The van der Waals surface area contributed by atoms with E-state index in [-0.39, 0.29) is 18.0 Å². The van der Waals surface area contributed by atoms with E-state index < -0.39 is 0 Å². The fourth-order valence-corrected chi connectivity index (χ4v) is 2.08. The van der Waals surface area contributed by atoms with Gasteiger partial charge in [0.2, 0.25) is 0 Å². The Labute approximate surface area is 119 Å². The van der Waals surface area contributed by atoms with Gasteiger partial charge in [-0.25, -0.2) is 4.39 Å². The Bertz CT molecular complexity index is 548. The van der Waals surface area contributed by atoms with Crippen LogP contribution in [0.1, 0.15) is 18.6 Å². The summed E-state index contributed by atoms with van der Waals surface area (Å²) < 4.78 is 19.8. The first-order valence-corrected chi connectivity index (χ1v) is 6.64. The molecule has 0 amide bonds. The van der Waals surface area contributed by atoms with E-state index in [2.05, 4.69) is 20.9 Å². The molecule has 1 heterocycles. The molecule has 0 aliphatic carbocycles. The number of rotatable bonds is 4. The number of hydrogen-bond acceptors (Lipinski definition) is 3. The standard InChI is InChI=1S/C14H14BrFN2O/c1-9(17)14(10-4-6-18-7-5-10)19-13-8-11(16)2-3-12(13)15/h2-9,14H,17H2,1H3. The van der Waals surface area contributed by atoms with Crippen molar-refractivity contribution in [2.75, 3.05) is 0 Å². The van der Waals surface area contributed by atoms with Crippen LogP contribution in [-0.4, -0.2) is 11.0 Å². The molecule has 0 saturated heterocycles. The minimum Gasteiger partial charge on any atom is -0.483 e. The highest BCUT2D eigenvalue weighted by Crippen LogP contribution is 2.31. The molecule has 2 aromatic rings. The van der Waals surface area contributed by atoms with E-state index in [4.69, 9.17) is 10.5 Å². The van der Waals surface area contributed by atoms with Crippen LogP contribution in [0.15, 0.2) is 47.2 Å². The van der Waals surface area contributed by atoms with Crippen molar-refractivity contribution in [3.63, 3.8) is 0 Å². The summed E-state index contributed by atoms with van der Waals surface area (Å²) in [6.07, 6.45) is 2.99. The molecular formula is C14H14BrFN2O. The molecule has 100 valence electrons. The maximum Gasteiger partial charge on any atom is 0.139 e. The topological polar surface area (TPSA) is 48.1 Å². The van der Waals surface area contributed by atoms with Crippen LogP contribution in [0, 0.1) is 5.82 Å². The zero-order valence-corrected chi connectivity index (χ0v) is 12.0. The molecule has 0 aliphatic rings. The third-order valence-corrected chi connectivity index (χ3v) is 3.31. The van der Waals surface area contributed by atoms with Crippen LogP contribution < -0.4 is 10.5 Å². The van der Waals surface area contributed by atoms with Gasteiger partial charge >= 0.3 is 0 Å². The smallest absolute Gasteiger partial charge is 0.139 e. The molecule has 5 heteroatoms. The molecule has 1 aromatic heterocycles. The third-order valence-electron chi connectivity index (χ3n) is 2.66. The Morgan fingerprint density at radius 1 is 1.26 bits per heavy atom. The van der Waals surface area contributed by atoms with E-state index in [1.54, 1.807) is 18.5 Å². The van der Waals surface area contributed by atoms with Gasteiger partial charge in [0.1, 0.15) is 17.7 Å². The maximum atomic E-state index is 13.3. The zero-order valence-electron chi connectivity index (χ0n) is 10.4. The normalized spacial score (nSPS) is 13.9. The van der Waals surface area contributed by atoms with Gasteiger partial charge in [-0.1, -0.05) is 0 Å². The number of nitrogens with two attached hydrogens (primary N) is 1. The zero-order chi connectivity index (χ0) is 13.8. The highest BCUT2D eigenvalue weighted by atomic mass is 79.9. The molecule has 0 aliphatic heterocycles. The molecule has 1 aromatic carbocycles. The minimum absolute atomic E-state index is 0.238. The van der Waals surface area contributed by atoms with Crippen molar-refractivity contribution in [2.45, 2.75) is 19.1 Å². The molecule has 2 unspecified atom stereocenters. The highest BCUT2D eigenvalue weighted by molar-refractivity contribution is 9.10. The first-order chi connectivity index (χ1) is 9.08. The summed E-state index contributed by atoms with van der Waals surface area (Å²) in [6.45, 7) is 1.85. The van der Waals surface area contributed by atoms with E-state index in [9.17, 15) is 4.39 Å². The number of halogens is 2. The van der Waals surface area contributed by atoms with E-state index >= 15 is 0 Å². The average Bonchev–Trinajstić information content (AvgIpc) is 2.40. The van der Waals surface area contributed by atoms with Crippen molar-refractivity contribution < 1.29 is 9.13 Å². The van der Waals surface area contributed by atoms with E-state index in [1.807, 2.05) is 19.1 Å². The molecule has 0 radical (unpaired) electrons. The Hall–Kier alpha value is -1.46. The lowest BCUT2D eigenvalue weighted by molar-refractivity contribution is 0.178. The Kier molecular flexibility index (Phi) is 4.50. The molecule has 19 heavy (non-hydrogen) atoms. The lowest BCUT2D eigenvalue weighted by atomic mass is 10.1. The fourth-order valence-electron chi connectivity index (χ4n) is 1.74. The van der Waals surface area contributed by atoms with Crippen LogP contribution in [0.3, 0.4) is 0 Å². The lowest BCUT2D eigenvalue weighted by Gasteiger charge is -2.23. The van der Waals surface area contributed by atoms with Crippen LogP contribution in [0.5, 0.6) is 5.75 Å². The molecule has 2 N–H and O–H groups in total. The summed E-state index contributed by atoms with van der Waals surface area (Å²) in [7, 11) is 0. The van der Waals surface area contributed by atoms with Crippen LogP contribution in [-0.2, 0) is 0 Å². The molecule has 3 nitrogen and oxygen atoms in total. The SMILES string of the molecule is CC(N)C(Oc1cc(F)ccc1Br)c1ccncc1. The summed E-state index contributed by atoms with van der Waals surface area (Å²) in [5.41, 5.74) is 6.85. The number of nitrogens with zero attached hydrogens (tertiary/aromatic N) is 1. The molecule has 0 saturated carbocycles. The van der Waals surface area contributed by atoms with Crippen LogP contribution in [0.25, 0.3) is 0 Å². The van der Waals surface area contributed by atoms with Gasteiger partial charge < -0.3 is 10.5 Å². The summed E-state index contributed by atoms with van der Waals surface area (Å²) in [6, 6.07) is 7.74. The highest BCUT2D eigenvalue weighted by Gasteiger charge is 2.19. The second-order valence-corrected chi connectivity index (χ2v) is 5.11. The van der Waals surface area contributed by atoms with Gasteiger partial charge in [-0.15, -0.1) is 0 Å². The van der Waals surface area contributed by atoms with Crippen LogP contribution in [0.4, 0.5) is 4.39 Å². The summed E-state index contributed by atoms with van der Waals surface area (Å²) in [5.74, 6) is 0.0791. The molecule has 2 atom stereocenters. The maximum absolute atomic E-state index is 13.3. The van der Waals surface area contributed by atoms with Crippen molar-refractivity contribution in [3.05, 3.63) is 58.6 Å². The van der Waals surface area contributed by atoms with Crippen molar-refractivity contribution in [1.29, 1.82) is 0 Å². The van der Waals surface area contributed by atoms with Crippen LogP contribution in [0.2, 0.25) is 0 Å². The molecule has 2 rings (SSSR count). The molecule has 0 bridgehead atoms. The van der Waals surface area contributed by atoms with E-state index in [1.165, 1.54) is 12.1 Å². The van der Waals surface area contributed by atoms with E-state index in [0.717, 1.165) is 5.56 Å². The van der Waals surface area contributed by atoms with Gasteiger partial charge in [0.25, 0.3) is 0 Å². The van der Waals surface area contributed by atoms with Crippen molar-refractivity contribution >= 4 is 15.9 Å². The Morgan fingerprint density at radius 2 is 1.95 bits per heavy atom. The summed E-state index contributed by atoms with van der Waals surface area (Å²) >= 11 is 3.34. The Balaban J connectivity index is 2.29. The quantitative estimate of drug-likeness (QED) is 0.937. The van der Waals surface area contributed by atoms with Gasteiger partial charge in [-0.2, -0.15) is 0 Å². The number of hydrogen-bond donors (Lipinski definition) is 1. The van der Waals surface area contributed by atoms with Gasteiger partial charge in [0, 0.05) is 24.5 Å². The fraction of sp³-hybridized carbons (Fsp3) is 0.214.